The van der Waals surface area contributed by atoms with Gasteiger partial charge in [-0.15, -0.1) is 12.6 Å². The molecule has 0 atom stereocenters. The van der Waals surface area contributed by atoms with Crippen molar-refractivity contribution >= 4 is 18.3 Å². The van der Waals surface area contributed by atoms with Crippen LogP contribution in [0.2, 0.25) is 0 Å². The summed E-state index contributed by atoms with van der Waals surface area (Å²) < 4.78 is 0. The Balaban J connectivity index is 2.93. The molecule has 0 saturated carbocycles. The fourth-order valence-corrected chi connectivity index (χ4v) is 1.16. The molecule has 0 spiro atoms. The standard InChI is InChI=1S/C8H12N2S/c1-10-5-6-4-7(9)2-3-8(6)11/h2-4,10-11H,5,9H2,1H3. The minimum absolute atomic E-state index is 0.785. The first-order valence-corrected chi connectivity index (χ1v) is 3.90. The molecule has 1 aromatic rings. The zero-order valence-electron chi connectivity index (χ0n) is 6.46. The molecule has 0 saturated heterocycles. The summed E-state index contributed by atoms with van der Waals surface area (Å²) in [6, 6.07) is 5.69. The molecule has 0 bridgehead atoms. The van der Waals surface area contributed by atoms with E-state index in [0.29, 0.717) is 0 Å². The average Bonchev–Trinajstić information content (AvgIpc) is 1.98. The maximum absolute atomic E-state index is 5.60. The molecule has 0 unspecified atom stereocenters. The Hall–Kier alpha value is -0.670. The Labute approximate surface area is 72.2 Å². The minimum Gasteiger partial charge on any atom is -0.399 e. The van der Waals surface area contributed by atoms with Crippen molar-refractivity contribution in [3.05, 3.63) is 23.8 Å². The van der Waals surface area contributed by atoms with E-state index in [-0.39, 0.29) is 0 Å². The third-order valence-electron chi connectivity index (χ3n) is 1.47. The highest BCUT2D eigenvalue weighted by Gasteiger charge is 1.96. The van der Waals surface area contributed by atoms with Crippen molar-refractivity contribution in [3.63, 3.8) is 0 Å². The van der Waals surface area contributed by atoms with E-state index in [9.17, 15) is 0 Å². The number of hydrogen-bond donors (Lipinski definition) is 3. The van der Waals surface area contributed by atoms with Crippen molar-refractivity contribution in [2.24, 2.45) is 0 Å². The van der Waals surface area contributed by atoms with Crippen LogP contribution in [0.25, 0.3) is 0 Å². The first kappa shape index (κ1) is 8.43. The molecule has 0 amide bonds. The Morgan fingerprint density at radius 2 is 2.27 bits per heavy atom. The highest BCUT2D eigenvalue weighted by molar-refractivity contribution is 7.80. The lowest BCUT2D eigenvalue weighted by Crippen LogP contribution is -2.06. The van der Waals surface area contributed by atoms with Crippen LogP contribution in [0, 0.1) is 0 Å². The summed E-state index contributed by atoms with van der Waals surface area (Å²) in [6.45, 7) is 0.809. The molecule has 1 rings (SSSR count). The number of thiol groups is 1. The number of hydrogen-bond acceptors (Lipinski definition) is 3. The molecule has 0 aliphatic rings. The molecule has 0 aliphatic carbocycles. The third kappa shape index (κ3) is 2.13. The normalized spacial score (nSPS) is 10.0. The monoisotopic (exact) mass is 168 g/mol. The lowest BCUT2D eigenvalue weighted by molar-refractivity contribution is 0.804. The van der Waals surface area contributed by atoms with Crippen LogP contribution in [0.5, 0.6) is 0 Å². The van der Waals surface area contributed by atoms with Crippen LogP contribution in [-0.2, 0) is 6.54 Å². The number of nitrogen functional groups attached to an aromatic ring is 1. The zero-order chi connectivity index (χ0) is 8.27. The lowest BCUT2D eigenvalue weighted by atomic mass is 10.2. The molecule has 11 heavy (non-hydrogen) atoms. The average molecular weight is 168 g/mol. The van der Waals surface area contributed by atoms with Crippen LogP contribution >= 0.6 is 12.6 Å². The smallest absolute Gasteiger partial charge is 0.0318 e. The van der Waals surface area contributed by atoms with E-state index >= 15 is 0 Å². The summed E-state index contributed by atoms with van der Waals surface area (Å²) in [5.41, 5.74) is 7.52. The number of benzene rings is 1. The first-order chi connectivity index (χ1) is 5.24. The maximum Gasteiger partial charge on any atom is 0.0318 e. The van der Waals surface area contributed by atoms with Crippen LogP contribution in [0.1, 0.15) is 5.56 Å². The van der Waals surface area contributed by atoms with E-state index in [2.05, 4.69) is 17.9 Å². The number of nitrogens with two attached hydrogens (primary N) is 1. The van der Waals surface area contributed by atoms with E-state index in [1.165, 1.54) is 0 Å². The Morgan fingerprint density at radius 3 is 2.91 bits per heavy atom. The first-order valence-electron chi connectivity index (χ1n) is 3.46. The van der Waals surface area contributed by atoms with E-state index in [1.807, 2.05) is 25.2 Å². The zero-order valence-corrected chi connectivity index (χ0v) is 7.36. The predicted octanol–water partition coefficient (Wildman–Crippen LogP) is 1.28. The Kier molecular flexibility index (Phi) is 2.79. The molecular formula is C8H12N2S. The van der Waals surface area contributed by atoms with Crippen LogP contribution in [0.4, 0.5) is 5.69 Å². The van der Waals surface area contributed by atoms with Crippen molar-refractivity contribution in [2.45, 2.75) is 11.4 Å². The molecule has 0 radical (unpaired) electrons. The second-order valence-electron chi connectivity index (χ2n) is 2.42. The molecule has 3 N–H and O–H groups in total. The summed E-state index contributed by atoms with van der Waals surface area (Å²) in [6.07, 6.45) is 0. The summed E-state index contributed by atoms with van der Waals surface area (Å²) >= 11 is 4.28. The van der Waals surface area contributed by atoms with Gasteiger partial charge in [0.2, 0.25) is 0 Å². The van der Waals surface area contributed by atoms with Gasteiger partial charge in [-0.2, -0.15) is 0 Å². The maximum atomic E-state index is 5.60. The van der Waals surface area contributed by atoms with E-state index in [4.69, 9.17) is 5.73 Å². The SMILES string of the molecule is CNCc1cc(N)ccc1S. The summed E-state index contributed by atoms with van der Waals surface area (Å²) in [4.78, 5) is 0.980. The second kappa shape index (κ2) is 3.64. The number of nitrogens with one attached hydrogen (secondary N) is 1. The summed E-state index contributed by atoms with van der Waals surface area (Å²) in [5.74, 6) is 0. The van der Waals surface area contributed by atoms with Gasteiger partial charge in [-0.25, -0.2) is 0 Å². The Morgan fingerprint density at radius 1 is 1.55 bits per heavy atom. The molecular weight excluding hydrogens is 156 g/mol. The number of rotatable bonds is 2. The van der Waals surface area contributed by atoms with Crippen molar-refractivity contribution in [1.82, 2.24) is 5.32 Å². The molecule has 3 heteroatoms. The van der Waals surface area contributed by atoms with Gasteiger partial charge in [-0.3, -0.25) is 0 Å². The van der Waals surface area contributed by atoms with Crippen molar-refractivity contribution < 1.29 is 0 Å². The predicted molar refractivity (Wildman–Crippen MR) is 50.9 cm³/mol. The topological polar surface area (TPSA) is 38.0 Å². The van der Waals surface area contributed by atoms with E-state index in [0.717, 1.165) is 22.7 Å². The molecule has 0 fully saturated rings. The van der Waals surface area contributed by atoms with Crippen molar-refractivity contribution in [1.29, 1.82) is 0 Å². The van der Waals surface area contributed by atoms with Crippen molar-refractivity contribution in [3.8, 4) is 0 Å². The fourth-order valence-electron chi connectivity index (χ4n) is 0.937. The van der Waals surface area contributed by atoms with Gasteiger partial charge in [0.15, 0.2) is 0 Å². The van der Waals surface area contributed by atoms with Gasteiger partial charge in [-0.1, -0.05) is 0 Å². The van der Waals surface area contributed by atoms with Crippen LogP contribution < -0.4 is 11.1 Å². The second-order valence-corrected chi connectivity index (χ2v) is 2.90. The summed E-state index contributed by atoms with van der Waals surface area (Å²) in [5, 5.41) is 3.05. The summed E-state index contributed by atoms with van der Waals surface area (Å²) in [7, 11) is 1.90. The van der Waals surface area contributed by atoms with Crippen LogP contribution in [-0.4, -0.2) is 7.05 Å². The van der Waals surface area contributed by atoms with Gasteiger partial charge >= 0.3 is 0 Å². The highest BCUT2D eigenvalue weighted by Crippen LogP contribution is 2.16. The Bertz CT molecular complexity index is 248. The van der Waals surface area contributed by atoms with Gasteiger partial charge in [0.1, 0.15) is 0 Å². The van der Waals surface area contributed by atoms with Crippen LogP contribution in [0.3, 0.4) is 0 Å². The van der Waals surface area contributed by atoms with Gasteiger partial charge in [-0.05, 0) is 30.8 Å². The van der Waals surface area contributed by atoms with Gasteiger partial charge < -0.3 is 11.1 Å². The van der Waals surface area contributed by atoms with Gasteiger partial charge in [0, 0.05) is 17.1 Å². The third-order valence-corrected chi connectivity index (χ3v) is 1.91. The molecule has 0 heterocycles. The van der Waals surface area contributed by atoms with E-state index in [1.54, 1.807) is 0 Å². The quantitative estimate of drug-likeness (QED) is 0.459. The van der Waals surface area contributed by atoms with Crippen LogP contribution in [0.15, 0.2) is 23.1 Å². The number of anilines is 1. The van der Waals surface area contributed by atoms with Gasteiger partial charge in [0.25, 0.3) is 0 Å². The van der Waals surface area contributed by atoms with Crippen molar-refractivity contribution in [2.75, 3.05) is 12.8 Å². The van der Waals surface area contributed by atoms with E-state index < -0.39 is 0 Å². The minimum atomic E-state index is 0.785. The molecule has 0 aromatic heterocycles. The molecule has 2 nitrogen and oxygen atoms in total. The molecule has 1 aromatic carbocycles. The molecule has 0 aliphatic heterocycles. The molecule has 60 valence electrons. The lowest BCUT2D eigenvalue weighted by Gasteiger charge is -2.04. The van der Waals surface area contributed by atoms with Gasteiger partial charge in [0.05, 0.1) is 0 Å². The largest absolute Gasteiger partial charge is 0.399 e. The fraction of sp³-hybridized carbons (Fsp3) is 0.250. The highest BCUT2D eigenvalue weighted by atomic mass is 32.1.